The average Bonchev–Trinajstić information content (AvgIpc) is 3.53. The predicted octanol–water partition coefficient (Wildman–Crippen LogP) is 4.45. The van der Waals surface area contributed by atoms with Gasteiger partial charge in [0.1, 0.15) is 6.04 Å². The second-order valence-electron chi connectivity index (χ2n) is 11.9. The summed E-state index contributed by atoms with van der Waals surface area (Å²) in [5, 5.41) is 10.5. The van der Waals surface area contributed by atoms with Crippen molar-refractivity contribution in [2.24, 2.45) is 23.7 Å². The van der Waals surface area contributed by atoms with E-state index in [1.165, 1.54) is 0 Å². The smallest absolute Gasteiger partial charge is 0.310 e. The van der Waals surface area contributed by atoms with Crippen molar-refractivity contribution in [1.82, 2.24) is 9.80 Å². The Morgan fingerprint density at radius 3 is 2.60 bits per heavy atom. The van der Waals surface area contributed by atoms with Crippen LogP contribution in [-0.2, 0) is 25.7 Å². The van der Waals surface area contributed by atoms with Crippen molar-refractivity contribution in [2.75, 3.05) is 19.8 Å². The summed E-state index contributed by atoms with van der Waals surface area (Å²) in [6, 6.07) is 8.49. The van der Waals surface area contributed by atoms with Crippen molar-refractivity contribution < 1.29 is 24.2 Å². The van der Waals surface area contributed by atoms with E-state index in [0.29, 0.717) is 25.9 Å². The van der Waals surface area contributed by atoms with E-state index in [2.05, 4.69) is 20.1 Å². The lowest BCUT2D eigenvalue weighted by Crippen LogP contribution is -2.59. The number of hydrogen-bond acceptors (Lipinski definition) is 6. The van der Waals surface area contributed by atoms with Gasteiger partial charge in [-0.3, -0.25) is 14.4 Å². The lowest BCUT2D eigenvalue weighted by atomic mass is 9.66. The number of fused-ring (bicyclic) bond motifs is 1. The van der Waals surface area contributed by atoms with Crippen LogP contribution in [0, 0.1) is 23.7 Å². The molecule has 3 saturated heterocycles. The highest BCUT2D eigenvalue weighted by Crippen LogP contribution is 2.69. The molecule has 218 valence electrons. The number of benzene rings is 1. The van der Waals surface area contributed by atoms with Gasteiger partial charge in [0, 0.05) is 18.3 Å². The van der Waals surface area contributed by atoms with Crippen molar-refractivity contribution >= 4 is 29.5 Å². The summed E-state index contributed by atoms with van der Waals surface area (Å²) in [6.45, 7) is 14.6. The van der Waals surface area contributed by atoms with E-state index in [4.69, 9.17) is 4.74 Å². The second-order valence-corrected chi connectivity index (χ2v) is 13.4. The number of aliphatic hydroxyl groups is 1. The Labute approximate surface area is 243 Å². The Bertz CT molecular complexity index is 1090. The maximum Gasteiger partial charge on any atom is 0.310 e. The van der Waals surface area contributed by atoms with Crippen LogP contribution in [0.4, 0.5) is 0 Å². The third kappa shape index (κ3) is 5.49. The van der Waals surface area contributed by atoms with E-state index in [1.54, 1.807) is 33.7 Å². The monoisotopic (exact) mass is 568 g/mol. The van der Waals surface area contributed by atoms with Gasteiger partial charge in [-0.25, -0.2) is 0 Å². The molecule has 2 bridgehead atoms. The van der Waals surface area contributed by atoms with Gasteiger partial charge in [-0.2, -0.15) is 0 Å². The van der Waals surface area contributed by atoms with Crippen molar-refractivity contribution in [3.8, 4) is 0 Å². The number of hydrogen-bond donors (Lipinski definition) is 1. The van der Waals surface area contributed by atoms with Crippen molar-refractivity contribution in [1.29, 1.82) is 0 Å². The van der Waals surface area contributed by atoms with E-state index in [-0.39, 0.29) is 48.1 Å². The molecule has 7 atom stereocenters. The number of carbonyl (C=O) groups is 3. The highest BCUT2D eigenvalue weighted by Gasteiger charge is 2.77. The first-order valence-electron chi connectivity index (χ1n) is 14.5. The number of rotatable bonds is 14. The van der Waals surface area contributed by atoms with Gasteiger partial charge in [-0.15, -0.1) is 24.9 Å². The summed E-state index contributed by atoms with van der Waals surface area (Å²) < 4.78 is 4.93. The van der Waals surface area contributed by atoms with Crippen LogP contribution in [0.3, 0.4) is 0 Å². The Morgan fingerprint density at radius 2 is 1.98 bits per heavy atom. The largest absolute Gasteiger partial charge is 0.465 e. The number of esters is 1. The zero-order valence-electron chi connectivity index (χ0n) is 24.0. The third-order valence-electron chi connectivity index (χ3n) is 8.71. The van der Waals surface area contributed by atoms with Crippen LogP contribution in [0.1, 0.15) is 52.0 Å². The molecule has 3 unspecified atom stereocenters. The molecule has 1 spiro atoms. The summed E-state index contributed by atoms with van der Waals surface area (Å²) in [5.74, 6) is -1.71. The first-order chi connectivity index (χ1) is 19.2. The average molecular weight is 569 g/mol. The highest BCUT2D eigenvalue weighted by atomic mass is 32.2. The molecule has 4 rings (SSSR count). The van der Waals surface area contributed by atoms with Crippen LogP contribution in [0.15, 0.2) is 55.6 Å². The van der Waals surface area contributed by atoms with E-state index in [9.17, 15) is 19.5 Å². The fourth-order valence-electron chi connectivity index (χ4n) is 7.08. The van der Waals surface area contributed by atoms with Crippen LogP contribution in [0.25, 0.3) is 0 Å². The lowest BCUT2D eigenvalue weighted by molar-refractivity contribution is -0.155. The first-order valence-corrected chi connectivity index (χ1v) is 15.4. The second kappa shape index (κ2) is 12.9. The number of amides is 2. The number of carbonyl (C=O) groups excluding carboxylic acids is 3. The molecule has 0 aliphatic carbocycles. The number of allylic oxidation sites excluding steroid dienone is 1. The molecule has 0 saturated carbocycles. The van der Waals surface area contributed by atoms with Gasteiger partial charge >= 0.3 is 5.97 Å². The molecule has 2 amide bonds. The Kier molecular flexibility index (Phi) is 9.83. The van der Waals surface area contributed by atoms with Gasteiger partial charge in [0.25, 0.3) is 0 Å². The molecule has 3 aliphatic heterocycles. The van der Waals surface area contributed by atoms with Gasteiger partial charge in [-0.05, 0) is 43.1 Å². The summed E-state index contributed by atoms with van der Waals surface area (Å²) in [6.07, 6.45) is 6.24. The molecule has 0 radical (unpaired) electrons. The summed E-state index contributed by atoms with van der Waals surface area (Å²) in [4.78, 5) is 46.0. The number of aliphatic hydroxyl groups excluding tert-OH is 1. The summed E-state index contributed by atoms with van der Waals surface area (Å²) in [7, 11) is 0. The molecule has 0 aromatic heterocycles. The third-order valence-corrected chi connectivity index (χ3v) is 10.8. The van der Waals surface area contributed by atoms with Gasteiger partial charge in [-0.1, -0.05) is 63.3 Å². The fraction of sp³-hybridized carbons (Fsp3) is 0.594. The molecule has 1 N–H and O–H groups in total. The number of nitrogens with zero attached hydrogens (tertiary/aromatic N) is 2. The molecule has 8 heteroatoms. The standard InChI is InChI=1S/C32H44N2O5S/c1-6-8-12-16-39-31(38)26-25-18-22(5)32(40-25)27(26)29(36)34(24(20-35)17-21(3)4)28(32)30(37)33(15-7-2)19-23-13-10-9-11-14-23/h6-7,9-11,13-14,21-22,24-28,35H,1-2,8,12,15-20H2,3-5H3/t22?,24-,25+,26-,27+,28?,32?/m1/s1. The van der Waals surface area contributed by atoms with Gasteiger partial charge < -0.3 is 19.6 Å². The molecule has 3 fully saturated rings. The van der Waals surface area contributed by atoms with Crippen molar-refractivity contribution in [3.63, 3.8) is 0 Å². The van der Waals surface area contributed by atoms with Gasteiger partial charge in [0.15, 0.2) is 0 Å². The predicted molar refractivity (Wildman–Crippen MR) is 158 cm³/mol. The first kappa shape index (κ1) is 30.4. The maximum atomic E-state index is 14.7. The summed E-state index contributed by atoms with van der Waals surface area (Å²) >= 11 is 1.64. The number of likely N-dealkylation sites (tertiary alicyclic amines) is 1. The minimum absolute atomic E-state index is 0.0425. The van der Waals surface area contributed by atoms with Crippen LogP contribution < -0.4 is 0 Å². The van der Waals surface area contributed by atoms with E-state index in [0.717, 1.165) is 18.4 Å². The lowest BCUT2D eigenvalue weighted by Gasteiger charge is -2.42. The Hall–Kier alpha value is -2.58. The quantitative estimate of drug-likeness (QED) is 0.203. The number of thioether (sulfide) groups is 1. The topological polar surface area (TPSA) is 87.2 Å². The molecule has 1 aromatic rings. The van der Waals surface area contributed by atoms with Crippen LogP contribution >= 0.6 is 11.8 Å². The maximum absolute atomic E-state index is 14.7. The minimum atomic E-state index is -0.784. The number of ether oxygens (including phenoxy) is 1. The normalized spacial score (nSPS) is 29.4. The molecular weight excluding hydrogens is 524 g/mol. The van der Waals surface area contributed by atoms with Crippen LogP contribution in [0.5, 0.6) is 0 Å². The highest BCUT2D eigenvalue weighted by molar-refractivity contribution is 8.02. The molecular formula is C32H44N2O5S. The molecule has 1 aromatic carbocycles. The zero-order chi connectivity index (χ0) is 29.0. The van der Waals surface area contributed by atoms with E-state index < -0.39 is 28.7 Å². The fourth-order valence-corrected chi connectivity index (χ4v) is 9.47. The van der Waals surface area contributed by atoms with Gasteiger partial charge in [0.05, 0.1) is 35.8 Å². The minimum Gasteiger partial charge on any atom is -0.465 e. The molecule has 7 nitrogen and oxygen atoms in total. The molecule has 40 heavy (non-hydrogen) atoms. The van der Waals surface area contributed by atoms with E-state index >= 15 is 0 Å². The SMILES string of the molecule is C=CCCCOC(=O)[C@@H]1[C@@H]2CC(C)C3(S2)C(C(=O)N(CC=C)Cc2ccccc2)N([C@@H](CO)CC(C)C)C(=O)[C@H]13. The molecule has 3 heterocycles. The van der Waals surface area contributed by atoms with Crippen LogP contribution in [-0.4, -0.2) is 74.5 Å². The zero-order valence-corrected chi connectivity index (χ0v) is 24.9. The number of unbranched alkanes of at least 4 members (excludes halogenated alkanes) is 1. The summed E-state index contributed by atoms with van der Waals surface area (Å²) in [5.41, 5.74) is 0.987. The molecule has 3 aliphatic rings. The van der Waals surface area contributed by atoms with Crippen LogP contribution in [0.2, 0.25) is 0 Å². The Morgan fingerprint density at radius 1 is 1.25 bits per heavy atom. The van der Waals surface area contributed by atoms with Gasteiger partial charge in [0.2, 0.25) is 11.8 Å². The Balaban J connectivity index is 1.75. The van der Waals surface area contributed by atoms with Crippen molar-refractivity contribution in [2.45, 2.75) is 75.1 Å². The van der Waals surface area contributed by atoms with E-state index in [1.807, 2.05) is 44.2 Å². The van der Waals surface area contributed by atoms with Crippen molar-refractivity contribution in [3.05, 3.63) is 61.2 Å².